The van der Waals surface area contributed by atoms with Crippen molar-refractivity contribution in [2.75, 3.05) is 0 Å². The Morgan fingerprint density at radius 1 is 1.42 bits per heavy atom. The van der Waals surface area contributed by atoms with Gasteiger partial charge in [-0.3, -0.25) is 0 Å². The van der Waals surface area contributed by atoms with Crippen molar-refractivity contribution in [1.82, 2.24) is 9.59 Å². The fraction of sp³-hybridized carbons (Fsp3) is 0.750. The lowest BCUT2D eigenvalue weighted by Crippen LogP contribution is -2.17. The van der Waals surface area contributed by atoms with Crippen LogP contribution in [-0.2, 0) is 0 Å². The van der Waals surface area contributed by atoms with Crippen LogP contribution in [-0.4, -0.2) is 14.7 Å². The second kappa shape index (κ2) is 3.11. The molecule has 0 aromatic carbocycles. The summed E-state index contributed by atoms with van der Waals surface area (Å²) in [6.45, 7) is 7.86. The van der Waals surface area contributed by atoms with Crippen molar-refractivity contribution in [3.8, 4) is 0 Å². The minimum atomic E-state index is -0.461. The van der Waals surface area contributed by atoms with E-state index in [4.69, 9.17) is 0 Å². The Kier molecular flexibility index (Phi) is 2.49. The van der Waals surface area contributed by atoms with E-state index in [-0.39, 0.29) is 5.41 Å². The Balaban J connectivity index is 2.92. The third-order valence-electron chi connectivity index (χ3n) is 1.76. The van der Waals surface area contributed by atoms with Gasteiger partial charge in [-0.05, 0) is 23.9 Å². The summed E-state index contributed by atoms with van der Waals surface area (Å²) in [4.78, 5) is 0.877. The predicted octanol–water partition coefficient (Wildman–Crippen LogP) is 1.93. The maximum absolute atomic E-state index is 9.86. The highest BCUT2D eigenvalue weighted by Gasteiger charge is 2.27. The van der Waals surface area contributed by atoms with E-state index in [1.54, 1.807) is 0 Å². The van der Waals surface area contributed by atoms with Gasteiger partial charge in [-0.1, -0.05) is 25.3 Å². The van der Waals surface area contributed by atoms with Crippen LogP contribution in [0.2, 0.25) is 0 Å². The van der Waals surface area contributed by atoms with Crippen LogP contribution in [0.15, 0.2) is 0 Å². The van der Waals surface area contributed by atoms with Gasteiger partial charge in [0.05, 0.1) is 16.7 Å². The standard InChI is InChI=1S/C8H14N2OS/c1-5-6(12-10-9-5)7(11)8(2,3)4/h7,11H,1-4H3. The second-order valence-corrected chi connectivity index (χ2v) is 4.78. The molecule has 3 nitrogen and oxygen atoms in total. The summed E-state index contributed by atoms with van der Waals surface area (Å²) in [6.07, 6.45) is -0.461. The smallest absolute Gasteiger partial charge is 0.0964 e. The number of aliphatic hydroxyl groups excluding tert-OH is 1. The average molecular weight is 186 g/mol. The number of hydrogen-bond acceptors (Lipinski definition) is 4. The van der Waals surface area contributed by atoms with Crippen LogP contribution >= 0.6 is 11.5 Å². The topological polar surface area (TPSA) is 46.0 Å². The summed E-state index contributed by atoms with van der Waals surface area (Å²) in [7, 11) is 0. The van der Waals surface area contributed by atoms with Gasteiger partial charge in [0.15, 0.2) is 0 Å². The van der Waals surface area contributed by atoms with E-state index < -0.39 is 6.10 Å². The fourth-order valence-electron chi connectivity index (χ4n) is 0.882. The van der Waals surface area contributed by atoms with Crippen LogP contribution in [0.4, 0.5) is 0 Å². The first-order chi connectivity index (χ1) is 5.43. The largest absolute Gasteiger partial charge is 0.387 e. The lowest BCUT2D eigenvalue weighted by atomic mass is 9.88. The molecule has 0 fully saturated rings. The van der Waals surface area contributed by atoms with Gasteiger partial charge in [-0.15, -0.1) is 5.10 Å². The summed E-state index contributed by atoms with van der Waals surface area (Å²) in [6, 6.07) is 0. The number of aromatic nitrogens is 2. The Bertz CT molecular complexity index is 264. The van der Waals surface area contributed by atoms with Gasteiger partial charge in [0, 0.05) is 0 Å². The lowest BCUT2D eigenvalue weighted by molar-refractivity contribution is 0.0651. The summed E-state index contributed by atoms with van der Waals surface area (Å²) < 4.78 is 3.79. The van der Waals surface area contributed by atoms with Crippen LogP contribution in [0, 0.1) is 12.3 Å². The molecule has 1 aromatic rings. The van der Waals surface area contributed by atoms with Crippen LogP contribution < -0.4 is 0 Å². The van der Waals surface area contributed by atoms with Crippen molar-refractivity contribution in [1.29, 1.82) is 0 Å². The summed E-state index contributed by atoms with van der Waals surface area (Å²) in [5.41, 5.74) is 0.696. The zero-order valence-corrected chi connectivity index (χ0v) is 8.64. The van der Waals surface area contributed by atoms with Gasteiger partial charge in [0.1, 0.15) is 0 Å². The average Bonchev–Trinajstić information content (AvgIpc) is 2.31. The fourth-order valence-corrected chi connectivity index (χ4v) is 1.76. The quantitative estimate of drug-likeness (QED) is 0.729. The van der Waals surface area contributed by atoms with Gasteiger partial charge in [-0.25, -0.2) is 0 Å². The first-order valence-corrected chi connectivity index (χ1v) is 4.67. The van der Waals surface area contributed by atoms with E-state index in [1.165, 1.54) is 11.5 Å². The highest BCUT2D eigenvalue weighted by molar-refractivity contribution is 7.05. The molecule has 1 unspecified atom stereocenters. The van der Waals surface area contributed by atoms with Gasteiger partial charge in [0.25, 0.3) is 0 Å². The molecular weight excluding hydrogens is 172 g/mol. The second-order valence-electron chi connectivity index (χ2n) is 3.99. The molecule has 1 aromatic heterocycles. The van der Waals surface area contributed by atoms with Crippen molar-refractivity contribution >= 4 is 11.5 Å². The highest BCUT2D eigenvalue weighted by Crippen LogP contribution is 2.35. The molecule has 1 heterocycles. The van der Waals surface area contributed by atoms with E-state index in [9.17, 15) is 5.11 Å². The minimum absolute atomic E-state index is 0.140. The molecule has 0 saturated carbocycles. The van der Waals surface area contributed by atoms with E-state index in [2.05, 4.69) is 9.59 Å². The molecule has 1 N–H and O–H groups in total. The molecule has 68 valence electrons. The summed E-state index contributed by atoms with van der Waals surface area (Å²) in [5, 5.41) is 13.7. The molecule has 0 aliphatic rings. The molecular formula is C8H14N2OS. The molecule has 0 radical (unpaired) electrons. The summed E-state index contributed by atoms with van der Waals surface area (Å²) >= 11 is 1.27. The van der Waals surface area contributed by atoms with Crippen molar-refractivity contribution in [2.24, 2.45) is 5.41 Å². The zero-order chi connectivity index (χ0) is 9.35. The molecule has 0 aliphatic heterocycles. The number of aliphatic hydroxyl groups is 1. The van der Waals surface area contributed by atoms with Gasteiger partial charge < -0.3 is 5.11 Å². The SMILES string of the molecule is Cc1nnsc1C(O)C(C)(C)C. The predicted molar refractivity (Wildman–Crippen MR) is 49.1 cm³/mol. The van der Waals surface area contributed by atoms with Crippen LogP contribution in [0.5, 0.6) is 0 Å². The Labute approximate surface area is 76.6 Å². The van der Waals surface area contributed by atoms with E-state index in [0.29, 0.717) is 0 Å². The van der Waals surface area contributed by atoms with Gasteiger partial charge in [-0.2, -0.15) is 0 Å². The van der Waals surface area contributed by atoms with Gasteiger partial charge in [0.2, 0.25) is 0 Å². The van der Waals surface area contributed by atoms with E-state index >= 15 is 0 Å². The van der Waals surface area contributed by atoms with Crippen molar-refractivity contribution < 1.29 is 5.11 Å². The molecule has 0 amide bonds. The summed E-state index contributed by atoms with van der Waals surface area (Å²) in [5.74, 6) is 0. The Morgan fingerprint density at radius 3 is 2.33 bits per heavy atom. The Hall–Kier alpha value is -0.480. The number of aryl methyl sites for hydroxylation is 1. The third-order valence-corrected chi connectivity index (χ3v) is 2.63. The number of hydrogen-bond donors (Lipinski definition) is 1. The van der Waals surface area contributed by atoms with Crippen LogP contribution in [0.3, 0.4) is 0 Å². The van der Waals surface area contributed by atoms with Crippen LogP contribution in [0.25, 0.3) is 0 Å². The van der Waals surface area contributed by atoms with E-state index in [0.717, 1.165) is 10.6 Å². The Morgan fingerprint density at radius 2 is 2.00 bits per heavy atom. The molecule has 0 aliphatic carbocycles. The van der Waals surface area contributed by atoms with Crippen LogP contribution in [0.1, 0.15) is 37.4 Å². The number of nitrogens with zero attached hydrogens (tertiary/aromatic N) is 2. The molecule has 1 rings (SSSR count). The normalized spacial score (nSPS) is 14.8. The van der Waals surface area contributed by atoms with Crippen molar-refractivity contribution in [3.05, 3.63) is 10.6 Å². The maximum atomic E-state index is 9.86. The third kappa shape index (κ3) is 1.81. The molecule has 0 spiro atoms. The zero-order valence-electron chi connectivity index (χ0n) is 7.83. The molecule has 0 saturated heterocycles. The van der Waals surface area contributed by atoms with Crippen molar-refractivity contribution in [3.63, 3.8) is 0 Å². The highest BCUT2D eigenvalue weighted by atomic mass is 32.1. The first kappa shape index (κ1) is 9.61. The monoisotopic (exact) mass is 186 g/mol. The first-order valence-electron chi connectivity index (χ1n) is 3.90. The molecule has 4 heteroatoms. The molecule has 12 heavy (non-hydrogen) atoms. The van der Waals surface area contributed by atoms with Crippen molar-refractivity contribution in [2.45, 2.75) is 33.8 Å². The minimum Gasteiger partial charge on any atom is -0.387 e. The molecule has 0 bridgehead atoms. The van der Waals surface area contributed by atoms with E-state index in [1.807, 2.05) is 27.7 Å². The number of rotatable bonds is 1. The lowest BCUT2D eigenvalue weighted by Gasteiger charge is -2.24. The molecule has 1 atom stereocenters. The maximum Gasteiger partial charge on any atom is 0.0964 e. The van der Waals surface area contributed by atoms with Gasteiger partial charge >= 0.3 is 0 Å².